The molecule has 1 aliphatic carbocycles. The van der Waals surface area contributed by atoms with Crippen molar-refractivity contribution in [3.8, 4) is 0 Å². The molecule has 0 aliphatic heterocycles. The zero-order valence-electron chi connectivity index (χ0n) is 16.4. The van der Waals surface area contributed by atoms with Gasteiger partial charge in [0.25, 0.3) is 0 Å². The number of carboxylic acids is 1. The van der Waals surface area contributed by atoms with Crippen LogP contribution >= 0.6 is 0 Å². The second-order valence-electron chi connectivity index (χ2n) is 8.23. The van der Waals surface area contributed by atoms with E-state index in [0.717, 1.165) is 17.1 Å². The van der Waals surface area contributed by atoms with Crippen molar-refractivity contribution in [2.75, 3.05) is 0 Å². The van der Waals surface area contributed by atoms with E-state index in [9.17, 15) is 4.79 Å². The third kappa shape index (κ3) is 6.14. The number of hydrogen-bond acceptors (Lipinski definition) is 1. The summed E-state index contributed by atoms with van der Waals surface area (Å²) in [4.78, 5) is 10.7. The Bertz CT molecular complexity index is 585. The molecule has 2 unspecified atom stereocenters. The molecular weight excluding hydrogens is 296 g/mol. The minimum absolute atomic E-state index is 0.365. The normalized spacial score (nSPS) is 26.5. The fourth-order valence-corrected chi connectivity index (χ4v) is 4.52. The summed E-state index contributed by atoms with van der Waals surface area (Å²) in [6.45, 7) is 15.4. The molecular formula is C22H34O2. The summed E-state index contributed by atoms with van der Waals surface area (Å²) < 4.78 is 0. The van der Waals surface area contributed by atoms with E-state index < -0.39 is 5.97 Å². The van der Waals surface area contributed by atoms with Crippen molar-refractivity contribution in [1.29, 1.82) is 0 Å². The van der Waals surface area contributed by atoms with E-state index in [2.05, 4.69) is 46.8 Å². The lowest BCUT2D eigenvalue weighted by Gasteiger charge is -2.44. The van der Waals surface area contributed by atoms with Crippen molar-refractivity contribution in [3.05, 3.63) is 46.6 Å². The minimum Gasteiger partial charge on any atom is -0.478 e. The molecule has 2 nitrogen and oxygen atoms in total. The lowest BCUT2D eigenvalue weighted by Crippen LogP contribution is -2.34. The molecule has 1 N–H and O–H groups in total. The number of hydrogen-bond donors (Lipinski definition) is 1. The smallest absolute Gasteiger partial charge is 0.328 e. The highest BCUT2D eigenvalue weighted by atomic mass is 16.4. The second-order valence-corrected chi connectivity index (χ2v) is 8.23. The SMILES string of the molecule is CC(=C\C(=O)O)/C=C(C)/C=C(C)/C=C(\C)C1C(C)CCCC1(C)C. The van der Waals surface area contributed by atoms with Crippen LogP contribution in [0, 0.1) is 17.3 Å². The van der Waals surface area contributed by atoms with Crippen LogP contribution in [0.1, 0.15) is 67.7 Å². The molecule has 1 saturated carbocycles. The molecule has 24 heavy (non-hydrogen) atoms. The van der Waals surface area contributed by atoms with Crippen LogP contribution in [0.4, 0.5) is 0 Å². The predicted molar refractivity (Wildman–Crippen MR) is 103 cm³/mol. The molecule has 0 heterocycles. The fourth-order valence-electron chi connectivity index (χ4n) is 4.52. The van der Waals surface area contributed by atoms with Gasteiger partial charge in [0.05, 0.1) is 0 Å². The van der Waals surface area contributed by atoms with Crippen molar-refractivity contribution in [1.82, 2.24) is 0 Å². The van der Waals surface area contributed by atoms with Crippen molar-refractivity contribution in [2.24, 2.45) is 17.3 Å². The van der Waals surface area contributed by atoms with E-state index in [1.807, 2.05) is 19.9 Å². The average Bonchev–Trinajstić information content (AvgIpc) is 2.34. The van der Waals surface area contributed by atoms with Gasteiger partial charge in [-0.05, 0) is 56.9 Å². The lowest BCUT2D eigenvalue weighted by atomic mass is 9.61. The van der Waals surface area contributed by atoms with Gasteiger partial charge in [0.2, 0.25) is 0 Å². The summed E-state index contributed by atoms with van der Waals surface area (Å²) in [6, 6.07) is 0. The highest BCUT2D eigenvalue weighted by molar-refractivity contribution is 5.81. The Hall–Kier alpha value is -1.57. The van der Waals surface area contributed by atoms with Gasteiger partial charge >= 0.3 is 5.97 Å². The molecule has 1 fully saturated rings. The van der Waals surface area contributed by atoms with Crippen molar-refractivity contribution >= 4 is 5.97 Å². The van der Waals surface area contributed by atoms with E-state index in [1.165, 1.54) is 36.5 Å². The molecule has 0 aromatic heterocycles. The van der Waals surface area contributed by atoms with E-state index in [-0.39, 0.29) is 0 Å². The summed E-state index contributed by atoms with van der Waals surface area (Å²) in [7, 11) is 0. The van der Waals surface area contributed by atoms with E-state index >= 15 is 0 Å². The average molecular weight is 331 g/mol. The van der Waals surface area contributed by atoms with Crippen LogP contribution in [0.5, 0.6) is 0 Å². The molecule has 1 rings (SSSR count). The van der Waals surface area contributed by atoms with Crippen molar-refractivity contribution in [3.63, 3.8) is 0 Å². The molecule has 2 heteroatoms. The van der Waals surface area contributed by atoms with Crippen molar-refractivity contribution in [2.45, 2.75) is 67.7 Å². The molecule has 134 valence electrons. The third-order valence-electron chi connectivity index (χ3n) is 5.10. The Morgan fingerprint density at radius 2 is 1.46 bits per heavy atom. The number of carboxylic acid groups (broad SMARTS) is 1. The van der Waals surface area contributed by atoms with Gasteiger partial charge in [-0.15, -0.1) is 0 Å². The summed E-state index contributed by atoms with van der Waals surface area (Å²) in [5, 5.41) is 8.79. The number of allylic oxidation sites excluding steroid dienone is 7. The molecule has 0 bridgehead atoms. The van der Waals surface area contributed by atoms with Crippen LogP contribution in [0.2, 0.25) is 0 Å². The maximum Gasteiger partial charge on any atom is 0.328 e. The highest BCUT2D eigenvalue weighted by Crippen LogP contribution is 2.47. The quantitative estimate of drug-likeness (QED) is 0.473. The Morgan fingerprint density at radius 1 is 0.958 bits per heavy atom. The van der Waals surface area contributed by atoms with Gasteiger partial charge in [-0.3, -0.25) is 0 Å². The first-order valence-corrected chi connectivity index (χ1v) is 8.99. The van der Waals surface area contributed by atoms with Crippen LogP contribution in [0.15, 0.2) is 46.6 Å². The van der Waals surface area contributed by atoms with E-state index in [0.29, 0.717) is 11.3 Å². The van der Waals surface area contributed by atoms with Crippen LogP contribution in [-0.4, -0.2) is 11.1 Å². The summed E-state index contributed by atoms with van der Waals surface area (Å²) >= 11 is 0. The molecule has 2 atom stereocenters. The predicted octanol–water partition coefficient (Wildman–Crippen LogP) is 6.32. The molecule has 0 aromatic rings. The van der Waals surface area contributed by atoms with E-state index in [4.69, 9.17) is 5.11 Å². The van der Waals surface area contributed by atoms with Crippen molar-refractivity contribution < 1.29 is 9.90 Å². The zero-order chi connectivity index (χ0) is 18.5. The second kappa shape index (κ2) is 8.50. The van der Waals surface area contributed by atoms with Gasteiger partial charge in [0, 0.05) is 6.08 Å². The number of aliphatic carboxylic acids is 1. The molecule has 0 radical (unpaired) electrons. The Balaban J connectivity index is 2.97. The summed E-state index contributed by atoms with van der Waals surface area (Å²) in [5.41, 5.74) is 4.88. The maximum absolute atomic E-state index is 10.7. The summed E-state index contributed by atoms with van der Waals surface area (Å²) in [6.07, 6.45) is 11.5. The number of rotatable bonds is 5. The molecule has 1 aliphatic rings. The Labute approximate surface area is 148 Å². The molecule has 0 amide bonds. The molecule has 0 spiro atoms. The monoisotopic (exact) mass is 330 g/mol. The lowest BCUT2D eigenvalue weighted by molar-refractivity contribution is -0.131. The van der Waals surface area contributed by atoms with Gasteiger partial charge < -0.3 is 5.11 Å². The van der Waals surface area contributed by atoms with Crippen LogP contribution in [0.25, 0.3) is 0 Å². The Morgan fingerprint density at radius 3 is 1.96 bits per heavy atom. The first-order valence-electron chi connectivity index (χ1n) is 8.99. The van der Waals surface area contributed by atoms with Gasteiger partial charge in [-0.25, -0.2) is 4.79 Å². The third-order valence-corrected chi connectivity index (χ3v) is 5.10. The molecule has 0 aromatic carbocycles. The highest BCUT2D eigenvalue weighted by Gasteiger charge is 2.37. The van der Waals surface area contributed by atoms with Gasteiger partial charge in [-0.2, -0.15) is 0 Å². The van der Waals surface area contributed by atoms with Crippen LogP contribution in [0.3, 0.4) is 0 Å². The standard InChI is InChI=1S/C22H34O2/c1-15(12-17(3)14-20(23)24)11-16(2)13-19(5)21-18(4)9-8-10-22(21,6)7/h11-14,18,21H,8-10H2,1-7H3,(H,23,24)/b15-12+,16-11+,17-14+,19-13+. The van der Waals surface area contributed by atoms with E-state index in [1.54, 1.807) is 0 Å². The first kappa shape index (κ1) is 20.5. The van der Waals surface area contributed by atoms with Gasteiger partial charge in [0.15, 0.2) is 0 Å². The topological polar surface area (TPSA) is 37.3 Å². The zero-order valence-corrected chi connectivity index (χ0v) is 16.4. The largest absolute Gasteiger partial charge is 0.478 e. The van der Waals surface area contributed by atoms with Crippen LogP contribution < -0.4 is 0 Å². The first-order chi connectivity index (χ1) is 11.0. The van der Waals surface area contributed by atoms with Crippen LogP contribution in [-0.2, 0) is 4.79 Å². The number of carbonyl (C=O) groups is 1. The Kier molecular flexibility index (Phi) is 7.26. The fraction of sp³-hybridized carbons (Fsp3) is 0.591. The molecule has 0 saturated heterocycles. The van der Waals surface area contributed by atoms with Gasteiger partial charge in [0.1, 0.15) is 0 Å². The summed E-state index contributed by atoms with van der Waals surface area (Å²) in [5.74, 6) is 0.462. The minimum atomic E-state index is -0.901. The maximum atomic E-state index is 10.7. The van der Waals surface area contributed by atoms with Gasteiger partial charge in [-0.1, -0.05) is 68.6 Å².